The molecule has 2 aliphatic heterocycles. The molecule has 2 fully saturated rings. The molecule has 0 radical (unpaired) electrons. The third-order valence-corrected chi connectivity index (χ3v) is 4.35. The normalized spacial score (nSPS) is 33.5. The molecule has 0 aromatic rings. The van der Waals surface area contributed by atoms with Crippen LogP contribution in [0.2, 0.25) is 0 Å². The van der Waals surface area contributed by atoms with Gasteiger partial charge < -0.3 is 9.47 Å². The summed E-state index contributed by atoms with van der Waals surface area (Å²) in [6.07, 6.45) is 6.98. The van der Waals surface area contributed by atoms with Crippen molar-refractivity contribution < 1.29 is 9.47 Å². The van der Waals surface area contributed by atoms with Gasteiger partial charge in [0.2, 0.25) is 0 Å². The monoisotopic (exact) mass is 242 g/mol. The molecule has 0 aromatic carbocycles. The molecule has 2 unspecified atom stereocenters. The number of hydrogen-bond donors (Lipinski definition) is 2. The Hall–Kier alpha value is -0.160. The van der Waals surface area contributed by atoms with Crippen LogP contribution in [-0.2, 0) is 9.47 Å². The van der Waals surface area contributed by atoms with E-state index in [-0.39, 0.29) is 11.6 Å². The molecule has 4 nitrogen and oxygen atoms in total. The lowest BCUT2D eigenvalue weighted by atomic mass is 9.81. The Bertz CT molecular complexity index is 223. The van der Waals surface area contributed by atoms with Crippen molar-refractivity contribution in [3.8, 4) is 0 Å². The average molecular weight is 242 g/mol. The van der Waals surface area contributed by atoms with Crippen molar-refractivity contribution in [1.29, 1.82) is 0 Å². The molecule has 2 heterocycles. The van der Waals surface area contributed by atoms with Gasteiger partial charge in [0.05, 0.1) is 11.6 Å². The minimum atomic E-state index is -0.0781. The quantitative estimate of drug-likeness (QED) is 0.581. The van der Waals surface area contributed by atoms with Crippen LogP contribution in [0, 0.1) is 5.92 Å². The van der Waals surface area contributed by atoms with Gasteiger partial charge in [0.15, 0.2) is 0 Å². The molecule has 2 atom stereocenters. The van der Waals surface area contributed by atoms with Gasteiger partial charge in [-0.2, -0.15) is 0 Å². The average Bonchev–Trinajstić information content (AvgIpc) is 2.38. The van der Waals surface area contributed by atoms with E-state index in [0.717, 1.165) is 51.4 Å². The first-order chi connectivity index (χ1) is 8.24. The third-order valence-electron chi connectivity index (χ3n) is 4.35. The van der Waals surface area contributed by atoms with E-state index in [1.165, 1.54) is 12.8 Å². The molecule has 0 amide bonds. The Kier molecular flexibility index (Phi) is 4.79. The van der Waals surface area contributed by atoms with Crippen LogP contribution in [0.1, 0.15) is 45.4 Å². The van der Waals surface area contributed by atoms with E-state index in [1.54, 1.807) is 0 Å². The molecule has 0 aromatic heterocycles. The highest BCUT2D eigenvalue weighted by Crippen LogP contribution is 2.32. The van der Waals surface area contributed by atoms with Crippen LogP contribution < -0.4 is 11.3 Å². The van der Waals surface area contributed by atoms with Gasteiger partial charge in [-0.1, -0.05) is 0 Å². The smallest absolute Gasteiger partial charge is 0.0820 e. The molecule has 0 bridgehead atoms. The maximum absolute atomic E-state index is 5.99. The first kappa shape index (κ1) is 13.3. The maximum atomic E-state index is 5.99. The maximum Gasteiger partial charge on any atom is 0.0820 e. The van der Waals surface area contributed by atoms with Gasteiger partial charge in [-0.05, 0) is 51.4 Å². The van der Waals surface area contributed by atoms with Crippen LogP contribution in [0.15, 0.2) is 0 Å². The first-order valence-corrected chi connectivity index (χ1v) is 6.92. The molecular weight excluding hydrogens is 216 g/mol. The SMILES string of the molecule is CC1(C(CC2CCOCC2)NN)CCCCO1. The summed E-state index contributed by atoms with van der Waals surface area (Å²) in [6, 6.07) is 0.269. The Morgan fingerprint density at radius 1 is 1.29 bits per heavy atom. The number of hydrogen-bond acceptors (Lipinski definition) is 4. The van der Waals surface area contributed by atoms with E-state index < -0.39 is 0 Å². The van der Waals surface area contributed by atoms with Crippen LogP contribution in [-0.4, -0.2) is 31.5 Å². The molecule has 100 valence electrons. The Labute approximate surface area is 104 Å². The standard InChI is InChI=1S/C13H26N2O2/c1-13(6-2-3-7-17-13)12(15-14)10-11-4-8-16-9-5-11/h11-12,15H,2-10,14H2,1H3. The van der Waals surface area contributed by atoms with Crippen molar-refractivity contribution in [3.63, 3.8) is 0 Å². The number of hydrazine groups is 1. The van der Waals surface area contributed by atoms with Crippen LogP contribution in [0.25, 0.3) is 0 Å². The number of nitrogens with two attached hydrogens (primary N) is 1. The molecule has 2 aliphatic rings. The summed E-state index contributed by atoms with van der Waals surface area (Å²) in [5.41, 5.74) is 2.92. The van der Waals surface area contributed by atoms with E-state index in [0.29, 0.717) is 0 Å². The summed E-state index contributed by atoms with van der Waals surface area (Å²) < 4.78 is 11.4. The summed E-state index contributed by atoms with van der Waals surface area (Å²) in [6.45, 7) is 4.89. The zero-order valence-electron chi connectivity index (χ0n) is 10.9. The van der Waals surface area contributed by atoms with Crippen molar-refractivity contribution >= 4 is 0 Å². The summed E-state index contributed by atoms with van der Waals surface area (Å²) in [7, 11) is 0. The Balaban J connectivity index is 1.89. The lowest BCUT2D eigenvalue weighted by molar-refractivity contribution is -0.0951. The van der Waals surface area contributed by atoms with Crippen molar-refractivity contribution in [2.75, 3.05) is 19.8 Å². The molecule has 2 saturated heterocycles. The molecular formula is C13H26N2O2. The van der Waals surface area contributed by atoms with E-state index in [2.05, 4.69) is 12.3 Å². The lowest BCUT2D eigenvalue weighted by Gasteiger charge is -2.42. The Morgan fingerprint density at radius 3 is 2.65 bits per heavy atom. The van der Waals surface area contributed by atoms with Gasteiger partial charge >= 0.3 is 0 Å². The fourth-order valence-electron chi connectivity index (χ4n) is 3.04. The van der Waals surface area contributed by atoms with Gasteiger partial charge in [-0.15, -0.1) is 0 Å². The second-order valence-corrected chi connectivity index (χ2v) is 5.63. The highest BCUT2D eigenvalue weighted by atomic mass is 16.5. The van der Waals surface area contributed by atoms with Gasteiger partial charge in [-0.3, -0.25) is 11.3 Å². The second-order valence-electron chi connectivity index (χ2n) is 5.63. The van der Waals surface area contributed by atoms with Gasteiger partial charge in [0, 0.05) is 19.8 Å². The summed E-state index contributed by atoms with van der Waals surface area (Å²) in [5.74, 6) is 6.47. The molecule has 3 N–H and O–H groups in total. The van der Waals surface area contributed by atoms with E-state index in [4.69, 9.17) is 15.3 Å². The zero-order valence-corrected chi connectivity index (χ0v) is 10.9. The summed E-state index contributed by atoms with van der Waals surface area (Å²) >= 11 is 0. The topological polar surface area (TPSA) is 56.5 Å². The highest BCUT2D eigenvalue weighted by molar-refractivity contribution is 4.91. The minimum absolute atomic E-state index is 0.0781. The van der Waals surface area contributed by atoms with Crippen LogP contribution in [0.3, 0.4) is 0 Å². The predicted molar refractivity (Wildman–Crippen MR) is 67.5 cm³/mol. The minimum Gasteiger partial charge on any atom is -0.381 e. The fourth-order valence-corrected chi connectivity index (χ4v) is 3.04. The number of nitrogens with one attached hydrogen (secondary N) is 1. The summed E-state index contributed by atoms with van der Waals surface area (Å²) in [5, 5.41) is 0. The van der Waals surface area contributed by atoms with E-state index >= 15 is 0 Å². The third kappa shape index (κ3) is 3.41. The van der Waals surface area contributed by atoms with Crippen LogP contribution >= 0.6 is 0 Å². The molecule has 17 heavy (non-hydrogen) atoms. The first-order valence-electron chi connectivity index (χ1n) is 6.92. The van der Waals surface area contributed by atoms with Gasteiger partial charge in [0.1, 0.15) is 0 Å². The molecule has 0 aliphatic carbocycles. The molecule has 0 spiro atoms. The van der Waals surface area contributed by atoms with E-state index in [1.807, 2.05) is 0 Å². The molecule has 0 saturated carbocycles. The van der Waals surface area contributed by atoms with Crippen LogP contribution in [0.5, 0.6) is 0 Å². The van der Waals surface area contributed by atoms with Gasteiger partial charge in [-0.25, -0.2) is 0 Å². The van der Waals surface area contributed by atoms with Crippen molar-refractivity contribution in [1.82, 2.24) is 5.43 Å². The fraction of sp³-hybridized carbons (Fsp3) is 1.00. The van der Waals surface area contributed by atoms with Gasteiger partial charge in [0.25, 0.3) is 0 Å². The summed E-state index contributed by atoms with van der Waals surface area (Å²) in [4.78, 5) is 0. The predicted octanol–water partition coefficient (Wildman–Crippen LogP) is 1.59. The van der Waals surface area contributed by atoms with Crippen molar-refractivity contribution in [2.24, 2.45) is 11.8 Å². The van der Waals surface area contributed by atoms with Crippen molar-refractivity contribution in [3.05, 3.63) is 0 Å². The number of ether oxygens (including phenoxy) is 2. The number of rotatable bonds is 4. The van der Waals surface area contributed by atoms with E-state index in [9.17, 15) is 0 Å². The van der Waals surface area contributed by atoms with Crippen LogP contribution in [0.4, 0.5) is 0 Å². The second kappa shape index (κ2) is 6.14. The lowest BCUT2D eigenvalue weighted by Crippen LogP contribution is -2.55. The van der Waals surface area contributed by atoms with Crippen molar-refractivity contribution in [2.45, 2.75) is 57.1 Å². The molecule has 2 rings (SSSR count). The largest absolute Gasteiger partial charge is 0.381 e. The zero-order chi connectivity index (χ0) is 12.1. The highest BCUT2D eigenvalue weighted by Gasteiger charge is 2.37. The Morgan fingerprint density at radius 2 is 2.06 bits per heavy atom. The molecule has 4 heteroatoms.